The van der Waals surface area contributed by atoms with E-state index >= 15 is 0 Å². The minimum atomic E-state index is -0.803. The number of carbonyl (C=O) groups is 2. The highest BCUT2D eigenvalue weighted by Gasteiger charge is 2.35. The van der Waals surface area contributed by atoms with Gasteiger partial charge in [0.25, 0.3) is 11.5 Å². The molecule has 1 aliphatic heterocycles. The third-order valence-corrected chi connectivity index (χ3v) is 5.32. The van der Waals surface area contributed by atoms with E-state index in [-0.39, 0.29) is 33.6 Å². The molecule has 0 saturated heterocycles. The summed E-state index contributed by atoms with van der Waals surface area (Å²) in [6, 6.07) is 5.40. The maximum atomic E-state index is 12.8. The zero-order chi connectivity index (χ0) is 20.4. The van der Waals surface area contributed by atoms with Gasteiger partial charge < -0.3 is 15.8 Å². The second-order valence-corrected chi connectivity index (χ2v) is 6.73. The largest absolute Gasteiger partial charge is 0.466 e. The Bertz CT molecular complexity index is 1220. The van der Waals surface area contributed by atoms with E-state index < -0.39 is 23.4 Å². The van der Waals surface area contributed by atoms with Crippen LogP contribution in [0.25, 0.3) is 17.5 Å². The topological polar surface area (TPSA) is 140 Å². The summed E-state index contributed by atoms with van der Waals surface area (Å²) in [4.78, 5) is 41.2. The molecule has 3 N–H and O–H groups in total. The van der Waals surface area contributed by atoms with Crippen molar-refractivity contribution in [2.45, 2.75) is 13.3 Å². The molecule has 1 amide bonds. The van der Waals surface area contributed by atoms with E-state index in [1.807, 2.05) is 6.07 Å². The molecule has 1 aliphatic rings. The first-order valence-electron chi connectivity index (χ1n) is 8.02. The Morgan fingerprint density at radius 1 is 1.48 bits per heavy atom. The maximum Gasteiger partial charge on any atom is 0.332 e. The van der Waals surface area contributed by atoms with Crippen LogP contribution in [0.5, 0.6) is 0 Å². The molecular formula is C19H19N5O4S. The minimum Gasteiger partial charge on any atom is -0.466 e. The molecule has 9 nitrogen and oxygen atoms in total. The van der Waals surface area contributed by atoms with Gasteiger partial charge in [0.05, 0.1) is 30.2 Å². The second kappa shape index (κ2) is 8.53. The van der Waals surface area contributed by atoms with Crippen molar-refractivity contribution in [1.82, 2.24) is 14.9 Å². The quantitative estimate of drug-likeness (QED) is 0.630. The monoisotopic (exact) mass is 413 g/mol. The number of pyridine rings is 1. The number of allylic oxidation sites excluding steroid dienone is 1. The number of ether oxygens (including phenoxy) is 1. The molecule has 3 rings (SSSR count). The van der Waals surface area contributed by atoms with Crippen molar-refractivity contribution in [3.05, 3.63) is 55.2 Å². The van der Waals surface area contributed by atoms with Crippen LogP contribution in [0, 0.1) is 11.3 Å². The number of esters is 1. The number of thiazole rings is 1. The number of hydrogen-bond acceptors (Lipinski definition) is 8. The molecule has 1 unspecified atom stereocenters. The Kier molecular flexibility index (Phi) is 6.35. The number of amides is 1. The van der Waals surface area contributed by atoms with Gasteiger partial charge in [-0.05, 0) is 11.6 Å². The number of nitrogens with two attached hydrogens (primary N) is 1. The molecule has 1 atom stereocenters. The summed E-state index contributed by atoms with van der Waals surface area (Å²) in [5.41, 5.74) is 6.33. The number of fused-ring (bicyclic) bond motifs is 1. The molecule has 0 aromatic carbocycles. The molecular weight excluding hydrogens is 394 g/mol. The van der Waals surface area contributed by atoms with Gasteiger partial charge in [-0.25, -0.2) is 4.79 Å². The Balaban J connectivity index is 0.00000300. The fraction of sp³-hybridized carbons (Fsp3) is 0.211. The molecule has 0 saturated carbocycles. The number of hydrogen-bond donors (Lipinski definition) is 2. The highest BCUT2D eigenvalue weighted by Crippen LogP contribution is 2.35. The SMILES string of the molecule is C.CNC(=O)C1=c2s/c(=C\C(=O)OC)c(=O)n2C(N)=C(C#N)C1c1cccnc1. The molecule has 0 spiro atoms. The van der Waals surface area contributed by atoms with Gasteiger partial charge in [-0.2, -0.15) is 5.26 Å². The number of aromatic nitrogens is 2. The third kappa shape index (κ3) is 3.55. The maximum absolute atomic E-state index is 12.8. The van der Waals surface area contributed by atoms with E-state index in [2.05, 4.69) is 15.0 Å². The lowest BCUT2D eigenvalue weighted by molar-refractivity contribution is -0.133. The van der Waals surface area contributed by atoms with Crippen LogP contribution in [-0.2, 0) is 14.3 Å². The second-order valence-electron chi connectivity index (χ2n) is 5.70. The van der Waals surface area contributed by atoms with Gasteiger partial charge in [-0.15, -0.1) is 11.3 Å². The standard InChI is InChI=1S/C18H15N5O4S.CH4/c1-21-16(25)14-13(9-4-3-5-22-8-9)10(7-19)15(20)23-17(26)11(28-18(14)23)6-12(24)27-2;/h3-6,8,13H,20H2,1-2H3,(H,21,25);1H4/b11-6-;. The van der Waals surface area contributed by atoms with E-state index in [9.17, 15) is 19.6 Å². The van der Waals surface area contributed by atoms with Crippen molar-refractivity contribution in [2.24, 2.45) is 5.73 Å². The van der Waals surface area contributed by atoms with Crippen LogP contribution in [0.1, 0.15) is 18.9 Å². The molecule has 0 radical (unpaired) electrons. The molecule has 0 aliphatic carbocycles. The van der Waals surface area contributed by atoms with Crippen LogP contribution in [0.15, 0.2) is 34.9 Å². The van der Waals surface area contributed by atoms with Crippen LogP contribution in [0.3, 0.4) is 0 Å². The van der Waals surface area contributed by atoms with Crippen molar-refractivity contribution in [2.75, 3.05) is 14.2 Å². The van der Waals surface area contributed by atoms with E-state index in [4.69, 9.17) is 5.73 Å². The molecule has 0 fully saturated rings. The van der Waals surface area contributed by atoms with Gasteiger partial charge in [0.1, 0.15) is 15.0 Å². The summed E-state index contributed by atoms with van der Waals surface area (Å²) in [5.74, 6) is -2.09. The predicted octanol–water partition coefficient (Wildman–Crippen LogP) is -0.761. The van der Waals surface area contributed by atoms with E-state index in [1.54, 1.807) is 18.3 Å². The van der Waals surface area contributed by atoms with Crippen molar-refractivity contribution >= 4 is 40.7 Å². The summed E-state index contributed by atoms with van der Waals surface area (Å²) in [6.07, 6.45) is 4.12. The Morgan fingerprint density at radius 3 is 2.76 bits per heavy atom. The number of methoxy groups -OCH3 is 1. The Hall–Kier alpha value is -3.71. The van der Waals surface area contributed by atoms with E-state index in [0.717, 1.165) is 22.0 Å². The van der Waals surface area contributed by atoms with Crippen LogP contribution in [-0.4, -0.2) is 35.6 Å². The van der Waals surface area contributed by atoms with Crippen LogP contribution >= 0.6 is 11.3 Å². The summed E-state index contributed by atoms with van der Waals surface area (Å²) >= 11 is 0.924. The highest BCUT2D eigenvalue weighted by atomic mass is 32.1. The van der Waals surface area contributed by atoms with Gasteiger partial charge in [0, 0.05) is 25.5 Å². The number of nitrogens with one attached hydrogen (secondary N) is 1. The number of rotatable bonds is 3. The van der Waals surface area contributed by atoms with Crippen molar-refractivity contribution < 1.29 is 14.3 Å². The van der Waals surface area contributed by atoms with Crippen molar-refractivity contribution in [3.63, 3.8) is 0 Å². The lowest BCUT2D eigenvalue weighted by Gasteiger charge is -2.24. The molecule has 2 aromatic heterocycles. The van der Waals surface area contributed by atoms with Gasteiger partial charge in [0.15, 0.2) is 0 Å². The summed E-state index contributed by atoms with van der Waals surface area (Å²) in [7, 11) is 2.63. The van der Waals surface area contributed by atoms with Crippen LogP contribution < -0.4 is 25.8 Å². The number of nitriles is 1. The lowest BCUT2D eigenvalue weighted by atomic mass is 9.84. The normalized spacial score (nSPS) is 15.8. The van der Waals surface area contributed by atoms with Crippen LogP contribution in [0.4, 0.5) is 0 Å². The highest BCUT2D eigenvalue weighted by molar-refractivity contribution is 7.07. The fourth-order valence-electron chi connectivity index (χ4n) is 2.95. The van der Waals surface area contributed by atoms with Gasteiger partial charge in [-0.3, -0.25) is 19.1 Å². The summed E-state index contributed by atoms with van der Waals surface area (Å²) < 4.78 is 5.93. The Labute approximate surface area is 170 Å². The van der Waals surface area contributed by atoms with E-state index in [0.29, 0.717) is 5.56 Å². The average Bonchev–Trinajstić information content (AvgIpc) is 3.03. The third-order valence-electron chi connectivity index (χ3n) is 4.21. The molecule has 150 valence electrons. The minimum absolute atomic E-state index is 0. The molecule has 0 bridgehead atoms. The molecule has 10 heteroatoms. The van der Waals surface area contributed by atoms with E-state index in [1.165, 1.54) is 20.4 Å². The van der Waals surface area contributed by atoms with Crippen molar-refractivity contribution in [3.8, 4) is 6.07 Å². The first-order valence-corrected chi connectivity index (χ1v) is 8.84. The average molecular weight is 413 g/mol. The number of carbonyl (C=O) groups excluding carboxylic acids is 2. The number of nitrogens with zero attached hydrogens (tertiary/aromatic N) is 3. The van der Waals surface area contributed by atoms with Gasteiger partial charge >= 0.3 is 5.97 Å². The van der Waals surface area contributed by atoms with Gasteiger partial charge in [0.2, 0.25) is 0 Å². The Morgan fingerprint density at radius 2 is 2.21 bits per heavy atom. The van der Waals surface area contributed by atoms with Gasteiger partial charge in [-0.1, -0.05) is 13.5 Å². The predicted molar refractivity (Wildman–Crippen MR) is 109 cm³/mol. The summed E-state index contributed by atoms with van der Waals surface area (Å²) in [5, 5.41) is 12.3. The molecule has 2 aromatic rings. The molecule has 3 heterocycles. The zero-order valence-corrected chi connectivity index (χ0v) is 15.7. The first kappa shape index (κ1) is 21.6. The lowest BCUT2D eigenvalue weighted by Crippen LogP contribution is -2.41. The van der Waals surface area contributed by atoms with Crippen LogP contribution in [0.2, 0.25) is 0 Å². The summed E-state index contributed by atoms with van der Waals surface area (Å²) in [6.45, 7) is 0. The smallest absolute Gasteiger partial charge is 0.332 e. The first-order chi connectivity index (χ1) is 13.4. The molecule has 29 heavy (non-hydrogen) atoms. The van der Waals surface area contributed by atoms with Crippen molar-refractivity contribution in [1.29, 1.82) is 5.26 Å². The fourth-order valence-corrected chi connectivity index (χ4v) is 4.08. The zero-order valence-electron chi connectivity index (χ0n) is 14.9.